The molecular weight excluding hydrogens is 114 g/mol. The van der Waals surface area contributed by atoms with E-state index in [1.54, 1.807) is 0 Å². The first-order valence-corrected chi connectivity index (χ1v) is 4.94. The van der Waals surface area contributed by atoms with E-state index in [1.165, 1.54) is 5.19 Å². The molecule has 2 heteroatoms. The van der Waals surface area contributed by atoms with Gasteiger partial charge in [-0.3, -0.25) is 4.98 Å². The lowest BCUT2D eigenvalue weighted by molar-refractivity contribution is 1.35. The maximum atomic E-state index is 3.99. The normalized spacial score (nSPS) is 10.6. The molecule has 1 aromatic rings. The van der Waals surface area contributed by atoms with Crippen LogP contribution < -0.4 is 5.19 Å². The van der Waals surface area contributed by atoms with Crippen LogP contribution >= 0.6 is 0 Å². The van der Waals surface area contributed by atoms with Gasteiger partial charge in [-0.15, -0.1) is 0 Å². The Bertz CT molecular complexity index is 150. The van der Waals surface area contributed by atoms with Crippen molar-refractivity contribution in [3.05, 3.63) is 24.5 Å². The van der Waals surface area contributed by atoms with Crippen LogP contribution in [0.4, 0.5) is 0 Å². The van der Waals surface area contributed by atoms with Gasteiger partial charge in [0.1, 0.15) is 0 Å². The van der Waals surface area contributed by atoms with Crippen molar-refractivity contribution < 1.29 is 0 Å². The third kappa shape index (κ3) is 1.17. The Morgan fingerprint density at radius 3 is 2.88 bits per heavy atom. The molecule has 0 aliphatic rings. The minimum Gasteiger partial charge on any atom is -0.265 e. The molecular formula is C6H9NSi. The number of pyridine rings is 1. The minimum absolute atomic E-state index is 0.0288. The van der Waals surface area contributed by atoms with Crippen molar-refractivity contribution >= 4 is 14.7 Å². The van der Waals surface area contributed by atoms with Gasteiger partial charge in [0.2, 0.25) is 0 Å². The first kappa shape index (κ1) is 5.50. The second-order valence-electron chi connectivity index (χ2n) is 1.71. The predicted molar refractivity (Wildman–Crippen MR) is 38.3 cm³/mol. The summed E-state index contributed by atoms with van der Waals surface area (Å²) in [7, 11) is 0.0288. The second kappa shape index (κ2) is 2.62. The van der Waals surface area contributed by atoms with Crippen LogP contribution in [0.5, 0.6) is 0 Å². The molecule has 0 spiro atoms. The number of rotatable bonds is 1. The van der Waals surface area contributed by atoms with Crippen molar-refractivity contribution in [3.8, 4) is 0 Å². The summed E-state index contributed by atoms with van der Waals surface area (Å²) in [5, 5.41) is 1.44. The minimum atomic E-state index is 0.0288. The first-order valence-electron chi connectivity index (χ1n) is 2.82. The summed E-state index contributed by atoms with van der Waals surface area (Å²) in [5.74, 6) is 0. The van der Waals surface area contributed by atoms with Crippen molar-refractivity contribution in [1.82, 2.24) is 4.98 Å². The maximum absolute atomic E-state index is 3.99. The van der Waals surface area contributed by atoms with Crippen molar-refractivity contribution in [2.24, 2.45) is 0 Å². The highest BCUT2D eigenvalue weighted by Crippen LogP contribution is 1.73. The topological polar surface area (TPSA) is 12.9 Å². The zero-order chi connectivity index (χ0) is 5.82. The molecule has 0 bridgehead atoms. The average molecular weight is 123 g/mol. The highest BCUT2D eigenvalue weighted by Gasteiger charge is 1.81. The summed E-state index contributed by atoms with van der Waals surface area (Å²) < 4.78 is 0. The zero-order valence-electron chi connectivity index (χ0n) is 4.96. The van der Waals surface area contributed by atoms with Gasteiger partial charge in [-0.1, -0.05) is 12.6 Å². The molecule has 0 aromatic carbocycles. The zero-order valence-corrected chi connectivity index (χ0v) is 6.38. The highest BCUT2D eigenvalue weighted by molar-refractivity contribution is 6.51. The smallest absolute Gasteiger partial charge is 0.0537 e. The molecule has 0 aliphatic carbocycles. The number of hydrogen-bond donors (Lipinski definition) is 0. The molecule has 0 radical (unpaired) electrons. The SMILES string of the molecule is C[SiH2]c1cccnc1. The Balaban J connectivity index is 2.83. The summed E-state index contributed by atoms with van der Waals surface area (Å²) in [6, 6.07) is 4.13. The van der Waals surface area contributed by atoms with E-state index in [0.717, 1.165) is 0 Å². The Hall–Kier alpha value is -0.633. The van der Waals surface area contributed by atoms with Gasteiger partial charge >= 0.3 is 0 Å². The molecule has 0 amide bonds. The fourth-order valence-corrected chi connectivity index (χ4v) is 1.27. The molecule has 42 valence electrons. The third-order valence-electron chi connectivity index (χ3n) is 1.13. The monoisotopic (exact) mass is 123 g/mol. The first-order chi connectivity index (χ1) is 3.93. The van der Waals surface area contributed by atoms with Gasteiger partial charge in [-0.05, 0) is 11.3 Å². The van der Waals surface area contributed by atoms with Crippen LogP contribution in [-0.4, -0.2) is 14.5 Å². The van der Waals surface area contributed by atoms with Crippen LogP contribution in [0.25, 0.3) is 0 Å². The predicted octanol–water partition coefficient (Wildman–Crippen LogP) is -0.0762. The third-order valence-corrected chi connectivity index (χ3v) is 2.37. The summed E-state index contributed by atoms with van der Waals surface area (Å²) >= 11 is 0. The Kier molecular flexibility index (Phi) is 1.80. The van der Waals surface area contributed by atoms with Crippen LogP contribution in [0.2, 0.25) is 6.55 Å². The van der Waals surface area contributed by atoms with Crippen LogP contribution in [0.15, 0.2) is 24.5 Å². The van der Waals surface area contributed by atoms with Crippen LogP contribution in [-0.2, 0) is 0 Å². The lowest BCUT2D eigenvalue weighted by Gasteiger charge is -1.88. The van der Waals surface area contributed by atoms with E-state index < -0.39 is 0 Å². The standard InChI is InChI=1S/C6H9NSi/c1-8-6-3-2-4-7-5-6/h2-5H,8H2,1H3. The van der Waals surface area contributed by atoms with Gasteiger partial charge in [-0.2, -0.15) is 0 Å². The van der Waals surface area contributed by atoms with E-state index >= 15 is 0 Å². The van der Waals surface area contributed by atoms with Crippen LogP contribution in [0, 0.1) is 0 Å². The Morgan fingerprint density at radius 1 is 1.62 bits per heavy atom. The molecule has 1 heterocycles. The van der Waals surface area contributed by atoms with E-state index in [0.29, 0.717) is 0 Å². The number of aromatic nitrogens is 1. The summed E-state index contributed by atoms with van der Waals surface area (Å²) in [5.41, 5.74) is 0. The van der Waals surface area contributed by atoms with E-state index in [9.17, 15) is 0 Å². The van der Waals surface area contributed by atoms with Crippen molar-refractivity contribution in [2.75, 3.05) is 0 Å². The molecule has 1 rings (SSSR count). The molecule has 1 nitrogen and oxygen atoms in total. The van der Waals surface area contributed by atoms with E-state index in [2.05, 4.69) is 17.6 Å². The van der Waals surface area contributed by atoms with Crippen LogP contribution in [0.1, 0.15) is 0 Å². The van der Waals surface area contributed by atoms with Crippen molar-refractivity contribution in [3.63, 3.8) is 0 Å². The molecule has 0 unspecified atom stereocenters. The number of hydrogen-bond acceptors (Lipinski definition) is 1. The molecule has 8 heavy (non-hydrogen) atoms. The lowest BCUT2D eigenvalue weighted by Crippen LogP contribution is -2.09. The van der Waals surface area contributed by atoms with Gasteiger partial charge in [0.25, 0.3) is 0 Å². The molecule has 0 fully saturated rings. The maximum Gasteiger partial charge on any atom is 0.0537 e. The molecule has 0 aliphatic heterocycles. The van der Waals surface area contributed by atoms with Crippen LogP contribution in [0.3, 0.4) is 0 Å². The van der Waals surface area contributed by atoms with E-state index in [4.69, 9.17) is 0 Å². The van der Waals surface area contributed by atoms with Crippen molar-refractivity contribution in [1.29, 1.82) is 0 Å². The van der Waals surface area contributed by atoms with E-state index in [1.807, 2.05) is 18.5 Å². The Labute approximate surface area is 51.6 Å². The second-order valence-corrected chi connectivity index (χ2v) is 3.24. The molecule has 0 saturated carbocycles. The highest BCUT2D eigenvalue weighted by atomic mass is 28.2. The number of nitrogens with zero attached hydrogens (tertiary/aromatic N) is 1. The largest absolute Gasteiger partial charge is 0.265 e. The fourth-order valence-electron chi connectivity index (χ4n) is 0.607. The fraction of sp³-hybridized carbons (Fsp3) is 0.167. The molecule has 0 atom stereocenters. The lowest BCUT2D eigenvalue weighted by atomic mass is 10.5. The van der Waals surface area contributed by atoms with Gasteiger partial charge < -0.3 is 0 Å². The average Bonchev–Trinajstić information content (AvgIpc) is 1.90. The van der Waals surface area contributed by atoms with Gasteiger partial charge in [-0.25, -0.2) is 0 Å². The van der Waals surface area contributed by atoms with Gasteiger partial charge in [0.05, 0.1) is 9.52 Å². The van der Waals surface area contributed by atoms with Gasteiger partial charge in [0, 0.05) is 12.4 Å². The summed E-state index contributed by atoms with van der Waals surface area (Å²) in [6.45, 7) is 2.26. The Morgan fingerprint density at radius 2 is 2.50 bits per heavy atom. The van der Waals surface area contributed by atoms with Crippen molar-refractivity contribution in [2.45, 2.75) is 6.55 Å². The molecule has 0 saturated heterocycles. The van der Waals surface area contributed by atoms with Gasteiger partial charge in [0.15, 0.2) is 0 Å². The quantitative estimate of drug-likeness (QED) is 0.476. The summed E-state index contributed by atoms with van der Waals surface area (Å²) in [6.07, 6.45) is 3.76. The molecule has 0 N–H and O–H groups in total. The molecule has 1 aromatic heterocycles. The van der Waals surface area contributed by atoms with E-state index in [-0.39, 0.29) is 9.52 Å². The summed E-state index contributed by atoms with van der Waals surface area (Å²) in [4.78, 5) is 3.99.